The van der Waals surface area contributed by atoms with E-state index < -0.39 is 12.1 Å². The van der Waals surface area contributed by atoms with Crippen molar-refractivity contribution in [3.05, 3.63) is 0 Å². The summed E-state index contributed by atoms with van der Waals surface area (Å²) in [5, 5.41) is 6.66. The second-order valence-electron chi connectivity index (χ2n) is 7.18. The molecule has 0 aromatic carbocycles. The van der Waals surface area contributed by atoms with Crippen LogP contribution >= 0.6 is 24.0 Å². The molecule has 0 amide bonds. The summed E-state index contributed by atoms with van der Waals surface area (Å²) in [6.45, 7) is 6.48. The van der Waals surface area contributed by atoms with E-state index in [1.54, 1.807) is 7.05 Å². The van der Waals surface area contributed by atoms with E-state index in [9.17, 15) is 13.2 Å². The van der Waals surface area contributed by atoms with Gasteiger partial charge in [-0.2, -0.15) is 13.2 Å². The third-order valence-corrected chi connectivity index (χ3v) is 5.65. The molecule has 3 saturated heterocycles. The van der Waals surface area contributed by atoms with Crippen molar-refractivity contribution in [2.24, 2.45) is 10.9 Å². The van der Waals surface area contributed by atoms with Crippen LogP contribution in [0.5, 0.6) is 0 Å². The Labute approximate surface area is 164 Å². The fourth-order valence-electron chi connectivity index (χ4n) is 4.09. The number of alkyl halides is 3. The number of guanidine groups is 1. The molecule has 146 valence electrons. The first kappa shape index (κ1) is 21.0. The molecule has 4 fully saturated rings. The van der Waals surface area contributed by atoms with Crippen LogP contribution in [0.3, 0.4) is 0 Å². The van der Waals surface area contributed by atoms with Crippen molar-refractivity contribution >= 4 is 29.9 Å². The van der Waals surface area contributed by atoms with Gasteiger partial charge in [-0.05, 0) is 25.7 Å². The Morgan fingerprint density at radius 2 is 1.72 bits per heavy atom. The molecule has 0 aromatic rings. The van der Waals surface area contributed by atoms with Crippen molar-refractivity contribution in [1.82, 2.24) is 20.4 Å². The number of piperazine rings is 3. The van der Waals surface area contributed by atoms with Gasteiger partial charge in [-0.15, -0.1) is 24.0 Å². The molecule has 4 aliphatic rings. The van der Waals surface area contributed by atoms with Gasteiger partial charge in [0.25, 0.3) is 0 Å². The number of fused-ring (bicyclic) bond motifs is 3. The number of rotatable bonds is 3. The molecule has 5 nitrogen and oxygen atoms in total. The minimum Gasteiger partial charge on any atom is -0.355 e. The summed E-state index contributed by atoms with van der Waals surface area (Å²) in [5.74, 6) is -0.423. The van der Waals surface area contributed by atoms with Crippen LogP contribution in [0.15, 0.2) is 4.99 Å². The largest absolute Gasteiger partial charge is 0.391 e. The van der Waals surface area contributed by atoms with Crippen molar-refractivity contribution in [3.63, 3.8) is 0 Å². The summed E-state index contributed by atoms with van der Waals surface area (Å²) >= 11 is 0. The van der Waals surface area contributed by atoms with Crippen molar-refractivity contribution in [2.45, 2.75) is 43.9 Å². The average Bonchev–Trinajstić information content (AvgIpc) is 2.59. The Morgan fingerprint density at radius 1 is 1.08 bits per heavy atom. The highest BCUT2D eigenvalue weighted by atomic mass is 127. The van der Waals surface area contributed by atoms with E-state index >= 15 is 0 Å². The number of halogens is 4. The van der Waals surface area contributed by atoms with Crippen LogP contribution in [-0.2, 0) is 0 Å². The molecular formula is C16H29F3IN5. The van der Waals surface area contributed by atoms with E-state index in [1.165, 1.54) is 0 Å². The molecule has 0 radical (unpaired) electrons. The second kappa shape index (κ2) is 9.07. The lowest BCUT2D eigenvalue weighted by Crippen LogP contribution is -2.64. The predicted molar refractivity (Wildman–Crippen MR) is 104 cm³/mol. The molecule has 25 heavy (non-hydrogen) atoms. The lowest BCUT2D eigenvalue weighted by atomic mass is 9.85. The van der Waals surface area contributed by atoms with Gasteiger partial charge in [0.2, 0.25) is 0 Å². The Morgan fingerprint density at radius 3 is 2.20 bits per heavy atom. The zero-order valence-corrected chi connectivity index (χ0v) is 17.0. The van der Waals surface area contributed by atoms with Crippen LogP contribution in [0.25, 0.3) is 0 Å². The number of nitrogens with one attached hydrogen (secondary N) is 2. The topological polar surface area (TPSA) is 42.9 Å². The Balaban J connectivity index is 0.00000225. The summed E-state index contributed by atoms with van der Waals surface area (Å²) in [7, 11) is 1.72. The van der Waals surface area contributed by atoms with Crippen LogP contribution in [0.4, 0.5) is 13.2 Å². The third-order valence-electron chi connectivity index (χ3n) is 5.65. The van der Waals surface area contributed by atoms with Crippen LogP contribution in [0, 0.1) is 5.92 Å². The summed E-state index contributed by atoms with van der Waals surface area (Å²) < 4.78 is 38.2. The third kappa shape index (κ3) is 5.59. The lowest BCUT2D eigenvalue weighted by Gasteiger charge is -2.47. The zero-order valence-electron chi connectivity index (χ0n) is 14.7. The predicted octanol–water partition coefficient (Wildman–Crippen LogP) is 1.89. The van der Waals surface area contributed by atoms with Gasteiger partial charge in [-0.3, -0.25) is 14.8 Å². The van der Waals surface area contributed by atoms with E-state index in [0.717, 1.165) is 39.3 Å². The molecule has 0 aromatic heterocycles. The van der Waals surface area contributed by atoms with E-state index in [2.05, 4.69) is 25.4 Å². The first-order valence-electron chi connectivity index (χ1n) is 8.96. The van der Waals surface area contributed by atoms with Gasteiger partial charge in [0.05, 0.1) is 5.92 Å². The molecule has 1 unspecified atom stereocenters. The highest BCUT2D eigenvalue weighted by Crippen LogP contribution is 2.37. The molecule has 4 rings (SSSR count). The second-order valence-corrected chi connectivity index (χ2v) is 7.18. The molecule has 2 bridgehead atoms. The standard InChI is InChI=1S/C16H28F3N5.HI/c1-20-15(21-10-14-11-23-6-8-24(14)9-7-23)22-13-4-2-12(3-5-13)16(17,18)19;/h12-14H,2-11H2,1H3,(H2,20,21,22);1H. The number of aliphatic imine (C=N–C) groups is 1. The van der Waals surface area contributed by atoms with Crippen molar-refractivity contribution in [2.75, 3.05) is 46.3 Å². The van der Waals surface area contributed by atoms with E-state index in [0.29, 0.717) is 24.8 Å². The average molecular weight is 475 g/mol. The first-order valence-corrected chi connectivity index (χ1v) is 8.96. The highest BCUT2D eigenvalue weighted by molar-refractivity contribution is 14.0. The molecular weight excluding hydrogens is 446 g/mol. The molecule has 1 aliphatic carbocycles. The van der Waals surface area contributed by atoms with Gasteiger partial charge in [-0.25, -0.2) is 0 Å². The number of hydrogen-bond donors (Lipinski definition) is 2. The fourth-order valence-corrected chi connectivity index (χ4v) is 4.09. The van der Waals surface area contributed by atoms with Gasteiger partial charge < -0.3 is 10.6 Å². The SMILES string of the molecule is CN=C(NCC1CN2CCN1CC2)NC1CCC(C(F)(F)F)CC1.I. The highest BCUT2D eigenvalue weighted by Gasteiger charge is 2.41. The molecule has 2 N–H and O–H groups in total. The van der Waals surface area contributed by atoms with Crippen LogP contribution in [0.2, 0.25) is 0 Å². The van der Waals surface area contributed by atoms with Gasteiger partial charge in [0, 0.05) is 58.4 Å². The van der Waals surface area contributed by atoms with Crippen LogP contribution < -0.4 is 10.6 Å². The zero-order chi connectivity index (χ0) is 17.2. The van der Waals surface area contributed by atoms with Crippen molar-refractivity contribution < 1.29 is 13.2 Å². The van der Waals surface area contributed by atoms with Crippen molar-refractivity contribution in [3.8, 4) is 0 Å². The molecule has 1 saturated carbocycles. The Bertz CT molecular complexity index is 444. The van der Waals surface area contributed by atoms with E-state index in [4.69, 9.17) is 0 Å². The Kier molecular flexibility index (Phi) is 7.63. The monoisotopic (exact) mass is 475 g/mol. The molecule has 3 aliphatic heterocycles. The van der Waals surface area contributed by atoms with Gasteiger partial charge in [-0.1, -0.05) is 0 Å². The molecule has 0 spiro atoms. The van der Waals surface area contributed by atoms with Gasteiger partial charge in [0.15, 0.2) is 5.96 Å². The van der Waals surface area contributed by atoms with Gasteiger partial charge >= 0.3 is 6.18 Å². The minimum absolute atomic E-state index is 0. The molecule has 1 atom stereocenters. The number of hydrogen-bond acceptors (Lipinski definition) is 3. The van der Waals surface area contributed by atoms with Crippen LogP contribution in [-0.4, -0.2) is 80.3 Å². The minimum atomic E-state index is -4.05. The maximum atomic E-state index is 12.7. The smallest absolute Gasteiger partial charge is 0.355 e. The first-order chi connectivity index (χ1) is 11.5. The summed E-state index contributed by atoms with van der Waals surface area (Å²) in [5.41, 5.74) is 0. The number of nitrogens with zero attached hydrogens (tertiary/aromatic N) is 3. The van der Waals surface area contributed by atoms with Crippen LogP contribution in [0.1, 0.15) is 25.7 Å². The quantitative estimate of drug-likeness (QED) is 0.372. The maximum Gasteiger partial charge on any atom is 0.391 e. The summed E-state index contributed by atoms with van der Waals surface area (Å²) in [6.07, 6.45) is -2.52. The summed E-state index contributed by atoms with van der Waals surface area (Å²) in [6, 6.07) is 0.577. The Hall–Kier alpha value is -0.290. The van der Waals surface area contributed by atoms with E-state index in [1.807, 2.05) is 0 Å². The molecule has 9 heteroatoms. The summed E-state index contributed by atoms with van der Waals surface area (Å²) in [4.78, 5) is 9.23. The molecule has 3 heterocycles. The van der Waals surface area contributed by atoms with Crippen molar-refractivity contribution in [1.29, 1.82) is 0 Å². The fraction of sp³-hybridized carbons (Fsp3) is 0.938. The lowest BCUT2D eigenvalue weighted by molar-refractivity contribution is -0.182. The van der Waals surface area contributed by atoms with E-state index in [-0.39, 0.29) is 42.9 Å². The van der Waals surface area contributed by atoms with Gasteiger partial charge in [0.1, 0.15) is 0 Å². The maximum absolute atomic E-state index is 12.7. The normalized spacial score (nSPS) is 35.8.